The zero-order valence-corrected chi connectivity index (χ0v) is 11.6. The van der Waals surface area contributed by atoms with Crippen LogP contribution < -0.4 is 9.47 Å². The van der Waals surface area contributed by atoms with Crippen LogP contribution in [0.2, 0.25) is 0 Å². The van der Waals surface area contributed by atoms with Crippen molar-refractivity contribution >= 4 is 12.6 Å². The Morgan fingerprint density at radius 3 is 2.58 bits per heavy atom. The fraction of sp³-hybridized carbons (Fsp3) is 0.250. The summed E-state index contributed by atoms with van der Waals surface area (Å²) in [5, 5.41) is 0. The Kier molecular flexibility index (Phi) is 3.38. The average Bonchev–Trinajstić information content (AvgIpc) is 2.47. The third kappa shape index (κ3) is 2.43. The summed E-state index contributed by atoms with van der Waals surface area (Å²) in [5.41, 5.74) is 2.37. The molecule has 2 unspecified atom stereocenters. The molecule has 19 heavy (non-hydrogen) atoms. The van der Waals surface area contributed by atoms with Gasteiger partial charge in [0.2, 0.25) is 0 Å². The molecular weight excluding hydrogens is 256 g/mol. The van der Waals surface area contributed by atoms with E-state index < -0.39 is 0 Å². The lowest BCUT2D eigenvalue weighted by molar-refractivity contribution is 0.232. The van der Waals surface area contributed by atoms with Crippen LogP contribution in [0.3, 0.4) is 0 Å². The lowest BCUT2D eigenvalue weighted by Crippen LogP contribution is -2.26. The van der Waals surface area contributed by atoms with Gasteiger partial charge in [-0.2, -0.15) is 0 Å². The Labute approximate surface area is 118 Å². The van der Waals surface area contributed by atoms with Gasteiger partial charge in [-0.05, 0) is 35.7 Å². The van der Waals surface area contributed by atoms with Crippen molar-refractivity contribution in [2.75, 3.05) is 7.11 Å². The topological polar surface area (TPSA) is 18.5 Å². The van der Waals surface area contributed by atoms with Crippen molar-refractivity contribution in [1.29, 1.82) is 0 Å². The standard InChI is InChI=1S/C16H16O2S/c1-17-13-8-6-11(7-9-13)14-10-12-4-2-3-5-15(12)18-16(14)19/h2-9,14,16,19H,10H2,1H3. The summed E-state index contributed by atoms with van der Waals surface area (Å²) in [6.45, 7) is 0. The predicted octanol–water partition coefficient (Wildman–Crippen LogP) is 3.67. The van der Waals surface area contributed by atoms with Gasteiger partial charge in [0.25, 0.3) is 0 Å². The van der Waals surface area contributed by atoms with Crippen LogP contribution in [-0.4, -0.2) is 12.5 Å². The fourth-order valence-corrected chi connectivity index (χ4v) is 2.86. The highest BCUT2D eigenvalue weighted by Gasteiger charge is 2.28. The first-order valence-corrected chi connectivity index (χ1v) is 6.86. The van der Waals surface area contributed by atoms with Gasteiger partial charge in [0.05, 0.1) is 7.11 Å². The number of hydrogen-bond acceptors (Lipinski definition) is 3. The van der Waals surface area contributed by atoms with E-state index in [-0.39, 0.29) is 11.4 Å². The van der Waals surface area contributed by atoms with Gasteiger partial charge in [-0.1, -0.05) is 30.3 Å². The van der Waals surface area contributed by atoms with Crippen LogP contribution in [0.4, 0.5) is 0 Å². The summed E-state index contributed by atoms with van der Waals surface area (Å²) in [6.07, 6.45) is 0.955. The average molecular weight is 272 g/mol. The maximum absolute atomic E-state index is 5.89. The minimum Gasteiger partial charge on any atom is -0.497 e. The SMILES string of the molecule is COc1ccc(C2Cc3ccccc3OC2S)cc1. The largest absolute Gasteiger partial charge is 0.497 e. The van der Waals surface area contributed by atoms with Crippen molar-refractivity contribution in [3.05, 3.63) is 59.7 Å². The number of benzene rings is 2. The molecule has 0 N–H and O–H groups in total. The molecule has 0 spiro atoms. The van der Waals surface area contributed by atoms with Gasteiger partial charge >= 0.3 is 0 Å². The van der Waals surface area contributed by atoms with Crippen molar-refractivity contribution in [3.63, 3.8) is 0 Å². The van der Waals surface area contributed by atoms with Gasteiger partial charge < -0.3 is 9.47 Å². The number of hydrogen-bond donors (Lipinski definition) is 1. The molecule has 2 aromatic rings. The first kappa shape index (κ1) is 12.4. The summed E-state index contributed by atoms with van der Waals surface area (Å²) >= 11 is 4.59. The molecule has 2 nitrogen and oxygen atoms in total. The Morgan fingerprint density at radius 2 is 1.84 bits per heavy atom. The molecule has 0 saturated carbocycles. The van der Waals surface area contributed by atoms with Crippen molar-refractivity contribution in [1.82, 2.24) is 0 Å². The molecule has 0 aromatic heterocycles. The normalized spacial score (nSPS) is 21.4. The predicted molar refractivity (Wildman–Crippen MR) is 79.3 cm³/mol. The van der Waals surface area contributed by atoms with Crippen LogP contribution >= 0.6 is 12.6 Å². The van der Waals surface area contributed by atoms with E-state index in [1.165, 1.54) is 11.1 Å². The van der Waals surface area contributed by atoms with Gasteiger partial charge in [0.1, 0.15) is 16.9 Å². The van der Waals surface area contributed by atoms with Crippen LogP contribution in [0, 0.1) is 0 Å². The van der Waals surface area contributed by atoms with Crippen molar-refractivity contribution in [2.24, 2.45) is 0 Å². The van der Waals surface area contributed by atoms with Gasteiger partial charge in [0.15, 0.2) is 0 Å². The van der Waals surface area contributed by atoms with E-state index in [2.05, 4.69) is 30.8 Å². The molecule has 0 aliphatic carbocycles. The Morgan fingerprint density at radius 1 is 1.11 bits per heavy atom. The first-order valence-electron chi connectivity index (χ1n) is 6.34. The highest BCUT2D eigenvalue weighted by atomic mass is 32.1. The number of methoxy groups -OCH3 is 1. The molecule has 98 valence electrons. The summed E-state index contributed by atoms with van der Waals surface area (Å²) in [6, 6.07) is 16.3. The second kappa shape index (κ2) is 5.17. The maximum Gasteiger partial charge on any atom is 0.148 e. The quantitative estimate of drug-likeness (QED) is 0.841. The van der Waals surface area contributed by atoms with Gasteiger partial charge in [0, 0.05) is 5.92 Å². The van der Waals surface area contributed by atoms with E-state index in [9.17, 15) is 0 Å². The van der Waals surface area contributed by atoms with Gasteiger partial charge in [-0.25, -0.2) is 0 Å². The number of thiol groups is 1. The van der Waals surface area contributed by atoms with Gasteiger partial charge in [-0.3, -0.25) is 0 Å². The fourth-order valence-electron chi connectivity index (χ4n) is 2.47. The van der Waals surface area contributed by atoms with E-state index in [1.54, 1.807) is 7.11 Å². The van der Waals surface area contributed by atoms with E-state index in [0.717, 1.165) is 17.9 Å². The Bertz CT molecular complexity index is 565. The molecule has 0 radical (unpaired) electrons. The summed E-state index contributed by atoms with van der Waals surface area (Å²) < 4.78 is 11.1. The second-order valence-corrected chi connectivity index (χ2v) is 5.21. The lowest BCUT2D eigenvalue weighted by Gasteiger charge is -2.31. The molecule has 0 fully saturated rings. The first-order chi connectivity index (χ1) is 9.28. The smallest absolute Gasteiger partial charge is 0.148 e. The third-order valence-electron chi connectivity index (χ3n) is 3.55. The van der Waals surface area contributed by atoms with Gasteiger partial charge in [-0.15, -0.1) is 12.6 Å². The summed E-state index contributed by atoms with van der Waals surface area (Å²) in [5.74, 6) is 2.09. The molecular formula is C16H16O2S. The molecule has 0 bridgehead atoms. The molecule has 0 saturated heterocycles. The molecule has 1 aliphatic rings. The number of para-hydroxylation sites is 1. The molecule has 2 aromatic carbocycles. The van der Waals surface area contributed by atoms with Crippen LogP contribution in [-0.2, 0) is 6.42 Å². The highest BCUT2D eigenvalue weighted by molar-refractivity contribution is 7.80. The van der Waals surface area contributed by atoms with E-state index in [1.807, 2.05) is 30.3 Å². The van der Waals surface area contributed by atoms with Crippen LogP contribution in [0.25, 0.3) is 0 Å². The molecule has 0 amide bonds. The third-order valence-corrected chi connectivity index (χ3v) is 4.01. The van der Waals surface area contributed by atoms with Crippen LogP contribution in [0.1, 0.15) is 17.0 Å². The summed E-state index contributed by atoms with van der Waals surface area (Å²) in [7, 11) is 1.68. The number of ether oxygens (including phenoxy) is 2. The monoisotopic (exact) mass is 272 g/mol. The maximum atomic E-state index is 5.89. The van der Waals surface area contributed by atoms with Crippen molar-refractivity contribution < 1.29 is 9.47 Å². The number of fused-ring (bicyclic) bond motifs is 1. The van der Waals surface area contributed by atoms with E-state index >= 15 is 0 Å². The molecule has 3 heteroatoms. The lowest BCUT2D eigenvalue weighted by atomic mass is 9.90. The molecule has 2 atom stereocenters. The van der Waals surface area contributed by atoms with Crippen molar-refractivity contribution in [2.45, 2.75) is 17.8 Å². The van der Waals surface area contributed by atoms with E-state index in [4.69, 9.17) is 9.47 Å². The molecule has 1 aliphatic heterocycles. The molecule has 1 heterocycles. The van der Waals surface area contributed by atoms with E-state index in [0.29, 0.717) is 0 Å². The van der Waals surface area contributed by atoms with Crippen LogP contribution in [0.5, 0.6) is 11.5 Å². The summed E-state index contributed by atoms with van der Waals surface area (Å²) in [4.78, 5) is 0. The van der Waals surface area contributed by atoms with Crippen LogP contribution in [0.15, 0.2) is 48.5 Å². The molecule has 3 rings (SSSR count). The van der Waals surface area contributed by atoms with Crippen molar-refractivity contribution in [3.8, 4) is 11.5 Å². The second-order valence-electron chi connectivity index (χ2n) is 4.70. The highest BCUT2D eigenvalue weighted by Crippen LogP contribution is 2.37. The minimum atomic E-state index is -0.108. The zero-order chi connectivity index (χ0) is 13.2. The zero-order valence-electron chi connectivity index (χ0n) is 10.7. The number of rotatable bonds is 2. The Hall–Kier alpha value is -1.61. The minimum absolute atomic E-state index is 0.108. The Balaban J connectivity index is 1.89.